The molecule has 0 unspecified atom stereocenters. The zero-order chi connectivity index (χ0) is 21.9. The van der Waals surface area contributed by atoms with E-state index in [0.29, 0.717) is 28.2 Å². The summed E-state index contributed by atoms with van der Waals surface area (Å²) < 4.78 is 6.27. The minimum absolute atomic E-state index is 0.224. The predicted octanol–water partition coefficient (Wildman–Crippen LogP) is 5.07. The van der Waals surface area contributed by atoms with Crippen molar-refractivity contribution in [2.75, 3.05) is 12.0 Å². The molecule has 0 aliphatic heterocycles. The quantitative estimate of drug-likeness (QED) is 0.353. The number of carbonyl (C=O) groups is 1. The van der Waals surface area contributed by atoms with Gasteiger partial charge in [-0.2, -0.15) is 0 Å². The number of fused-ring (bicyclic) bond motifs is 1. The smallest absolute Gasteiger partial charge is 0.279 e. The summed E-state index contributed by atoms with van der Waals surface area (Å²) in [5.41, 5.74) is 2.15. The van der Waals surface area contributed by atoms with Gasteiger partial charge in [0.15, 0.2) is 16.0 Å². The van der Waals surface area contributed by atoms with Crippen LogP contribution < -0.4 is 9.64 Å². The van der Waals surface area contributed by atoms with Crippen LogP contribution in [0, 0.1) is 0 Å². The standard InChI is InChI=1S/C23H17N5O2S2/c1-30-16-8-9-17-19(12-16)32-23(27-17)28(13-15-6-3-2-4-7-15)22(29)18-14-31-21(26-18)20-24-10-5-11-25-20/h2-12,14H,13H2,1H3. The lowest BCUT2D eigenvalue weighted by Gasteiger charge is -2.19. The van der Waals surface area contributed by atoms with Gasteiger partial charge in [0.25, 0.3) is 5.91 Å². The lowest BCUT2D eigenvalue weighted by molar-refractivity contribution is 0.0981. The van der Waals surface area contributed by atoms with Crippen molar-refractivity contribution in [3.05, 3.63) is 83.6 Å². The van der Waals surface area contributed by atoms with Crippen molar-refractivity contribution in [2.45, 2.75) is 6.54 Å². The number of rotatable bonds is 6. The number of ether oxygens (including phenoxy) is 1. The van der Waals surface area contributed by atoms with Gasteiger partial charge in [-0.05, 0) is 29.8 Å². The van der Waals surface area contributed by atoms with Gasteiger partial charge >= 0.3 is 0 Å². The van der Waals surface area contributed by atoms with Crippen molar-refractivity contribution in [3.8, 4) is 16.6 Å². The van der Waals surface area contributed by atoms with Crippen molar-refractivity contribution >= 4 is 43.9 Å². The zero-order valence-corrected chi connectivity index (χ0v) is 18.6. The number of aromatic nitrogens is 4. The molecule has 0 bridgehead atoms. The largest absolute Gasteiger partial charge is 0.497 e. The van der Waals surface area contributed by atoms with Gasteiger partial charge in [-0.1, -0.05) is 41.7 Å². The Balaban J connectivity index is 1.53. The highest BCUT2D eigenvalue weighted by Gasteiger charge is 2.24. The molecule has 5 aromatic rings. The average molecular weight is 460 g/mol. The SMILES string of the molecule is COc1ccc2nc(N(Cc3ccccc3)C(=O)c3csc(-c4ncccn4)n3)sc2c1. The molecule has 0 aliphatic carbocycles. The van der Waals surface area contributed by atoms with E-state index in [1.165, 1.54) is 22.7 Å². The molecule has 32 heavy (non-hydrogen) atoms. The number of methoxy groups -OCH3 is 1. The second-order valence-electron chi connectivity index (χ2n) is 6.82. The number of thiazole rings is 2. The predicted molar refractivity (Wildman–Crippen MR) is 126 cm³/mol. The lowest BCUT2D eigenvalue weighted by Crippen LogP contribution is -2.30. The Morgan fingerprint density at radius 1 is 1.03 bits per heavy atom. The Bertz CT molecular complexity index is 1370. The molecule has 0 fully saturated rings. The van der Waals surface area contributed by atoms with E-state index in [0.717, 1.165) is 21.5 Å². The number of anilines is 1. The maximum atomic E-state index is 13.6. The third-order valence-corrected chi connectivity index (χ3v) is 6.60. The number of benzene rings is 2. The molecule has 0 saturated heterocycles. The lowest BCUT2D eigenvalue weighted by atomic mass is 10.2. The summed E-state index contributed by atoms with van der Waals surface area (Å²) in [4.78, 5) is 32.9. The highest BCUT2D eigenvalue weighted by molar-refractivity contribution is 7.22. The molecular weight excluding hydrogens is 442 g/mol. The molecule has 7 nitrogen and oxygen atoms in total. The van der Waals surface area contributed by atoms with Gasteiger partial charge < -0.3 is 4.74 Å². The van der Waals surface area contributed by atoms with Crippen LogP contribution in [0.15, 0.2) is 72.4 Å². The Kier molecular flexibility index (Phi) is 5.57. The Labute approximate surface area is 192 Å². The van der Waals surface area contributed by atoms with Crippen LogP contribution in [0.5, 0.6) is 5.75 Å². The molecule has 0 atom stereocenters. The summed E-state index contributed by atoms with van der Waals surface area (Å²) in [6.45, 7) is 0.380. The van der Waals surface area contributed by atoms with E-state index in [-0.39, 0.29) is 5.91 Å². The van der Waals surface area contributed by atoms with Gasteiger partial charge in [-0.15, -0.1) is 11.3 Å². The number of nitrogens with zero attached hydrogens (tertiary/aromatic N) is 5. The Morgan fingerprint density at radius 2 is 1.84 bits per heavy atom. The monoisotopic (exact) mass is 459 g/mol. The van der Waals surface area contributed by atoms with Crippen LogP contribution in [0.2, 0.25) is 0 Å². The van der Waals surface area contributed by atoms with Gasteiger partial charge in [0.05, 0.1) is 23.9 Å². The van der Waals surface area contributed by atoms with Crippen LogP contribution in [-0.4, -0.2) is 33.0 Å². The molecule has 9 heteroatoms. The van der Waals surface area contributed by atoms with Crippen molar-refractivity contribution in [2.24, 2.45) is 0 Å². The molecule has 2 aromatic carbocycles. The van der Waals surface area contributed by atoms with Crippen LogP contribution >= 0.6 is 22.7 Å². The maximum Gasteiger partial charge on any atom is 0.279 e. The molecule has 1 amide bonds. The van der Waals surface area contributed by atoms with Crippen molar-refractivity contribution in [1.29, 1.82) is 0 Å². The first-order valence-corrected chi connectivity index (χ1v) is 11.4. The fourth-order valence-electron chi connectivity index (χ4n) is 3.15. The summed E-state index contributed by atoms with van der Waals surface area (Å²) in [7, 11) is 1.63. The molecule has 0 saturated carbocycles. The molecule has 0 N–H and O–H groups in total. The second-order valence-corrected chi connectivity index (χ2v) is 8.68. The third-order valence-electron chi connectivity index (χ3n) is 4.72. The highest BCUT2D eigenvalue weighted by Crippen LogP contribution is 2.33. The van der Waals surface area contributed by atoms with Crippen LogP contribution in [0.3, 0.4) is 0 Å². The number of hydrogen-bond donors (Lipinski definition) is 0. The van der Waals surface area contributed by atoms with Crippen LogP contribution in [-0.2, 0) is 6.54 Å². The minimum atomic E-state index is -0.224. The van der Waals surface area contributed by atoms with Gasteiger partial charge in [-0.25, -0.2) is 19.9 Å². The van der Waals surface area contributed by atoms with E-state index in [9.17, 15) is 4.79 Å². The van der Waals surface area contributed by atoms with Crippen LogP contribution in [0.25, 0.3) is 21.0 Å². The Morgan fingerprint density at radius 3 is 2.62 bits per heavy atom. The molecule has 0 spiro atoms. The fourth-order valence-corrected chi connectivity index (χ4v) is 4.88. The van der Waals surface area contributed by atoms with Crippen molar-refractivity contribution in [3.63, 3.8) is 0 Å². The molecular formula is C23H17N5O2S2. The van der Waals surface area contributed by atoms with Gasteiger partial charge in [0.2, 0.25) is 0 Å². The molecule has 0 aliphatic rings. The zero-order valence-electron chi connectivity index (χ0n) is 17.0. The average Bonchev–Trinajstić information content (AvgIpc) is 3.50. The summed E-state index contributed by atoms with van der Waals surface area (Å²) in [5, 5.41) is 2.94. The first-order chi connectivity index (χ1) is 15.7. The summed E-state index contributed by atoms with van der Waals surface area (Å²) in [6, 6.07) is 17.3. The third kappa shape index (κ3) is 4.08. The summed E-state index contributed by atoms with van der Waals surface area (Å²) in [5.74, 6) is 1.03. The van der Waals surface area contributed by atoms with Crippen molar-refractivity contribution in [1.82, 2.24) is 19.9 Å². The first kappa shape index (κ1) is 20.2. The highest BCUT2D eigenvalue weighted by atomic mass is 32.1. The van der Waals surface area contributed by atoms with E-state index in [1.807, 2.05) is 48.5 Å². The summed E-state index contributed by atoms with van der Waals surface area (Å²) in [6.07, 6.45) is 3.31. The van der Waals surface area contributed by atoms with Crippen LogP contribution in [0.1, 0.15) is 16.1 Å². The van der Waals surface area contributed by atoms with Gasteiger partial charge in [-0.3, -0.25) is 9.69 Å². The van der Waals surface area contributed by atoms with E-state index in [4.69, 9.17) is 9.72 Å². The minimum Gasteiger partial charge on any atom is -0.497 e. The molecule has 3 aromatic heterocycles. The van der Waals surface area contributed by atoms with E-state index < -0.39 is 0 Å². The fraction of sp³-hybridized carbons (Fsp3) is 0.0870. The van der Waals surface area contributed by atoms with Crippen molar-refractivity contribution < 1.29 is 9.53 Å². The van der Waals surface area contributed by atoms with Gasteiger partial charge in [0, 0.05) is 17.8 Å². The number of amides is 1. The molecule has 0 radical (unpaired) electrons. The maximum absolute atomic E-state index is 13.6. The first-order valence-electron chi connectivity index (χ1n) is 9.74. The Hall–Kier alpha value is -3.69. The van der Waals surface area contributed by atoms with E-state index in [2.05, 4.69) is 15.0 Å². The topological polar surface area (TPSA) is 81.1 Å². The van der Waals surface area contributed by atoms with Crippen LogP contribution in [0.4, 0.5) is 5.13 Å². The molecule has 3 heterocycles. The number of carbonyl (C=O) groups excluding carboxylic acids is 1. The van der Waals surface area contributed by atoms with E-state index >= 15 is 0 Å². The summed E-state index contributed by atoms with van der Waals surface area (Å²) >= 11 is 2.79. The normalized spacial score (nSPS) is 10.9. The van der Waals surface area contributed by atoms with Gasteiger partial charge in [0.1, 0.15) is 11.4 Å². The number of hydrogen-bond acceptors (Lipinski definition) is 8. The molecule has 158 valence electrons. The second kappa shape index (κ2) is 8.81. The van der Waals surface area contributed by atoms with E-state index in [1.54, 1.807) is 35.8 Å². The molecule has 5 rings (SSSR count).